The summed E-state index contributed by atoms with van der Waals surface area (Å²) in [5.41, 5.74) is 1.94. The van der Waals surface area contributed by atoms with Crippen LogP contribution in [-0.2, 0) is 13.1 Å². The molecule has 0 fully saturated rings. The molecule has 2 aromatic rings. The maximum absolute atomic E-state index is 11.5. The highest BCUT2D eigenvalue weighted by atomic mass is 16.1. The third kappa shape index (κ3) is 2.46. The molecule has 17 heavy (non-hydrogen) atoms. The second kappa shape index (κ2) is 4.99. The lowest BCUT2D eigenvalue weighted by atomic mass is 10.2. The van der Waals surface area contributed by atoms with Crippen LogP contribution < -0.4 is 0 Å². The van der Waals surface area contributed by atoms with Crippen molar-refractivity contribution in [3.8, 4) is 0 Å². The minimum Gasteiger partial charge on any atom is -0.348 e. The third-order valence-corrected chi connectivity index (χ3v) is 2.88. The van der Waals surface area contributed by atoms with E-state index in [1.165, 1.54) is 0 Å². The molecule has 0 spiro atoms. The fraction of sp³-hybridized carbons (Fsp3) is 0.385. The average molecular weight is 231 g/mol. The Labute approximate surface area is 101 Å². The molecule has 2 heterocycles. The van der Waals surface area contributed by atoms with Crippen LogP contribution in [0.3, 0.4) is 0 Å². The van der Waals surface area contributed by atoms with Gasteiger partial charge >= 0.3 is 0 Å². The van der Waals surface area contributed by atoms with E-state index < -0.39 is 0 Å². The molecule has 0 radical (unpaired) electrons. The van der Waals surface area contributed by atoms with Crippen molar-refractivity contribution >= 4 is 5.78 Å². The monoisotopic (exact) mass is 231 g/mol. The predicted molar refractivity (Wildman–Crippen MR) is 66.1 cm³/mol. The second-order valence-corrected chi connectivity index (χ2v) is 4.02. The number of nitrogens with zero attached hydrogens (tertiary/aromatic N) is 3. The van der Waals surface area contributed by atoms with E-state index in [0.29, 0.717) is 6.42 Å². The molecule has 2 rings (SSSR count). The van der Waals surface area contributed by atoms with E-state index in [9.17, 15) is 4.79 Å². The lowest BCUT2D eigenvalue weighted by molar-refractivity contribution is 0.0988. The number of ketones is 1. The molecule has 0 atom stereocenters. The average Bonchev–Trinajstić information content (AvgIpc) is 2.97. The first-order valence-corrected chi connectivity index (χ1v) is 5.92. The van der Waals surface area contributed by atoms with Crippen molar-refractivity contribution in [2.24, 2.45) is 0 Å². The Morgan fingerprint density at radius 3 is 2.94 bits per heavy atom. The summed E-state index contributed by atoms with van der Waals surface area (Å²) in [6.07, 6.45) is 8.09. The SMILES string of the molecule is CCC(=O)c1ccn(Cc2cncn2CC)c1. The molecule has 0 bridgehead atoms. The Morgan fingerprint density at radius 2 is 2.24 bits per heavy atom. The molecule has 4 nitrogen and oxygen atoms in total. The number of carbonyl (C=O) groups is 1. The minimum atomic E-state index is 0.188. The second-order valence-electron chi connectivity index (χ2n) is 4.02. The zero-order chi connectivity index (χ0) is 12.3. The Hall–Kier alpha value is -1.84. The Morgan fingerprint density at radius 1 is 1.41 bits per heavy atom. The van der Waals surface area contributed by atoms with Gasteiger partial charge in [0.1, 0.15) is 0 Å². The van der Waals surface area contributed by atoms with Gasteiger partial charge in [-0.2, -0.15) is 0 Å². The highest BCUT2D eigenvalue weighted by molar-refractivity contribution is 5.95. The van der Waals surface area contributed by atoms with Gasteiger partial charge in [-0.05, 0) is 13.0 Å². The van der Waals surface area contributed by atoms with Gasteiger partial charge in [-0.15, -0.1) is 0 Å². The summed E-state index contributed by atoms with van der Waals surface area (Å²) in [7, 11) is 0. The number of carbonyl (C=O) groups excluding carboxylic acids is 1. The Kier molecular flexibility index (Phi) is 3.42. The first-order valence-electron chi connectivity index (χ1n) is 5.92. The molecule has 0 aliphatic heterocycles. The number of hydrogen-bond acceptors (Lipinski definition) is 2. The molecule has 90 valence electrons. The molecule has 0 N–H and O–H groups in total. The van der Waals surface area contributed by atoms with Crippen molar-refractivity contribution in [1.29, 1.82) is 0 Å². The van der Waals surface area contributed by atoms with E-state index in [1.807, 2.05) is 42.5 Å². The summed E-state index contributed by atoms with van der Waals surface area (Å²) in [5, 5.41) is 0. The van der Waals surface area contributed by atoms with Crippen molar-refractivity contribution < 1.29 is 4.79 Å². The van der Waals surface area contributed by atoms with E-state index in [2.05, 4.69) is 16.5 Å². The van der Waals surface area contributed by atoms with Crippen LogP contribution in [0.2, 0.25) is 0 Å². The maximum Gasteiger partial charge on any atom is 0.164 e. The summed E-state index contributed by atoms with van der Waals surface area (Å²) in [6, 6.07) is 1.87. The first-order chi connectivity index (χ1) is 8.24. The van der Waals surface area contributed by atoms with Crippen LogP contribution in [0.25, 0.3) is 0 Å². The van der Waals surface area contributed by atoms with Crippen LogP contribution in [-0.4, -0.2) is 19.9 Å². The molecule has 0 aliphatic rings. The van der Waals surface area contributed by atoms with Gasteiger partial charge in [0.15, 0.2) is 5.78 Å². The minimum absolute atomic E-state index is 0.188. The summed E-state index contributed by atoms with van der Waals surface area (Å²) in [4.78, 5) is 15.7. The number of rotatable bonds is 5. The predicted octanol–water partition coefficient (Wildman–Crippen LogP) is 2.35. The van der Waals surface area contributed by atoms with E-state index >= 15 is 0 Å². The van der Waals surface area contributed by atoms with Crippen molar-refractivity contribution in [3.63, 3.8) is 0 Å². The highest BCUT2D eigenvalue weighted by Crippen LogP contribution is 2.08. The molecule has 0 amide bonds. The van der Waals surface area contributed by atoms with Gasteiger partial charge in [0.2, 0.25) is 0 Å². The molecule has 0 saturated carbocycles. The molecule has 0 aromatic carbocycles. The highest BCUT2D eigenvalue weighted by Gasteiger charge is 2.06. The number of hydrogen-bond donors (Lipinski definition) is 0. The first kappa shape index (κ1) is 11.6. The van der Waals surface area contributed by atoms with Crippen LogP contribution in [0.15, 0.2) is 31.0 Å². The fourth-order valence-corrected chi connectivity index (χ4v) is 1.86. The van der Waals surface area contributed by atoms with Gasteiger partial charge in [-0.1, -0.05) is 6.92 Å². The van der Waals surface area contributed by atoms with Gasteiger partial charge in [0.25, 0.3) is 0 Å². The lowest BCUT2D eigenvalue weighted by Gasteiger charge is -2.05. The van der Waals surface area contributed by atoms with Crippen LogP contribution in [0, 0.1) is 0 Å². The van der Waals surface area contributed by atoms with E-state index in [0.717, 1.165) is 24.3 Å². The van der Waals surface area contributed by atoms with Crippen molar-refractivity contribution in [2.75, 3.05) is 0 Å². The fourth-order valence-electron chi connectivity index (χ4n) is 1.86. The van der Waals surface area contributed by atoms with E-state index in [4.69, 9.17) is 0 Å². The van der Waals surface area contributed by atoms with Crippen molar-refractivity contribution in [3.05, 3.63) is 42.2 Å². The number of aryl methyl sites for hydroxylation is 1. The molecule has 0 aliphatic carbocycles. The maximum atomic E-state index is 11.5. The lowest BCUT2D eigenvalue weighted by Crippen LogP contribution is -2.04. The Balaban J connectivity index is 2.14. The Bertz CT molecular complexity index is 510. The summed E-state index contributed by atoms with van der Waals surface area (Å²) in [6.45, 7) is 5.64. The zero-order valence-corrected chi connectivity index (χ0v) is 10.3. The van der Waals surface area contributed by atoms with E-state index in [-0.39, 0.29) is 5.78 Å². The quantitative estimate of drug-likeness (QED) is 0.741. The molecule has 0 unspecified atom stereocenters. The van der Waals surface area contributed by atoms with Crippen molar-refractivity contribution in [2.45, 2.75) is 33.4 Å². The van der Waals surface area contributed by atoms with Crippen LogP contribution in [0.4, 0.5) is 0 Å². The van der Waals surface area contributed by atoms with Crippen LogP contribution >= 0.6 is 0 Å². The van der Waals surface area contributed by atoms with E-state index in [1.54, 1.807) is 0 Å². The molecular weight excluding hydrogens is 214 g/mol. The van der Waals surface area contributed by atoms with Crippen molar-refractivity contribution in [1.82, 2.24) is 14.1 Å². The number of aromatic nitrogens is 3. The van der Waals surface area contributed by atoms with Gasteiger partial charge in [0, 0.05) is 37.1 Å². The van der Waals surface area contributed by atoms with Gasteiger partial charge in [-0.3, -0.25) is 4.79 Å². The van der Waals surface area contributed by atoms with Gasteiger partial charge in [-0.25, -0.2) is 4.98 Å². The van der Waals surface area contributed by atoms with Crippen LogP contribution in [0.5, 0.6) is 0 Å². The molecule has 0 saturated heterocycles. The van der Waals surface area contributed by atoms with Crippen LogP contribution in [0.1, 0.15) is 36.3 Å². The summed E-state index contributed by atoms with van der Waals surface area (Å²) < 4.78 is 4.12. The largest absolute Gasteiger partial charge is 0.348 e. The summed E-state index contributed by atoms with van der Waals surface area (Å²) in [5.74, 6) is 0.188. The number of imidazole rings is 1. The topological polar surface area (TPSA) is 39.8 Å². The zero-order valence-electron chi connectivity index (χ0n) is 10.3. The third-order valence-electron chi connectivity index (χ3n) is 2.88. The standard InChI is InChI=1S/C13H17N3O/c1-3-13(17)11-5-6-15(8-11)9-12-7-14-10-16(12)4-2/h5-8,10H,3-4,9H2,1-2H3. The smallest absolute Gasteiger partial charge is 0.164 e. The summed E-state index contributed by atoms with van der Waals surface area (Å²) >= 11 is 0. The normalized spacial score (nSPS) is 10.7. The van der Waals surface area contributed by atoms with Gasteiger partial charge < -0.3 is 9.13 Å². The molecule has 2 aromatic heterocycles. The molecular formula is C13H17N3O. The number of Topliss-reactive ketones (excluding diaryl/α,β-unsaturated/α-hetero) is 1. The van der Waals surface area contributed by atoms with Gasteiger partial charge in [0.05, 0.1) is 18.6 Å². The molecule has 4 heteroatoms.